The van der Waals surface area contributed by atoms with Crippen molar-refractivity contribution in [2.75, 3.05) is 46.5 Å². The highest BCUT2D eigenvalue weighted by Crippen LogP contribution is 2.27. The molecule has 15 heteroatoms. The Hall–Kier alpha value is -4.14. The number of urea groups is 1. The number of methoxy groups -OCH3 is 1. The zero-order chi connectivity index (χ0) is 45.6. The molecule has 1 aliphatic carbocycles. The van der Waals surface area contributed by atoms with Crippen LogP contribution in [0.5, 0.6) is 0 Å². The molecule has 1 fully saturated rings. The molecule has 354 valence electrons. The third-order valence-corrected chi connectivity index (χ3v) is 11.3. The van der Waals surface area contributed by atoms with Gasteiger partial charge in [0.2, 0.25) is 17.7 Å². The predicted molar refractivity (Wildman–Crippen MR) is 242 cm³/mol. The third kappa shape index (κ3) is 23.9. The van der Waals surface area contributed by atoms with Gasteiger partial charge in [-0.15, -0.1) is 0 Å². The second-order valence-corrected chi connectivity index (χ2v) is 17.7. The Kier molecular flexibility index (Phi) is 27.6. The molecule has 1 aliphatic heterocycles. The van der Waals surface area contributed by atoms with Gasteiger partial charge < -0.3 is 45.7 Å². The molecular formula is C47H82N6O9. The molecule has 0 aromatic heterocycles. The molecule has 1 heterocycles. The van der Waals surface area contributed by atoms with Gasteiger partial charge in [-0.2, -0.15) is 0 Å². The fraction of sp³-hybridized carbons (Fsp3) is 0.787. The first-order valence-corrected chi connectivity index (χ1v) is 23.6. The average Bonchev–Trinajstić information content (AvgIpc) is 3.25. The lowest BCUT2D eigenvalue weighted by molar-refractivity contribution is -0.145. The smallest absolute Gasteiger partial charge is 0.407 e. The van der Waals surface area contributed by atoms with Gasteiger partial charge in [0.25, 0.3) is 0 Å². The van der Waals surface area contributed by atoms with Gasteiger partial charge in [-0.25, -0.2) is 14.4 Å². The van der Waals surface area contributed by atoms with Crippen LogP contribution in [-0.4, -0.2) is 111 Å². The maximum atomic E-state index is 13.9. The van der Waals surface area contributed by atoms with E-state index in [0.29, 0.717) is 70.5 Å². The number of nitrogens with zero attached hydrogens (tertiary/aromatic N) is 1. The summed E-state index contributed by atoms with van der Waals surface area (Å²) in [6, 6.07) is -3.52. The minimum absolute atomic E-state index is 0.00758. The van der Waals surface area contributed by atoms with Crippen molar-refractivity contribution in [2.45, 2.75) is 186 Å². The SMILES string of the molecule is C=C(C1CC=CCC1)[C@H](NC(=O)N1CCOCC1)C(=O)N[C@@H](CCNC(=O)C(CCCCNC(=O)OC(C)(C)C)NC(=O)CCCCCCCCCCCCCCC)C(=O)OC. The van der Waals surface area contributed by atoms with Crippen molar-refractivity contribution in [1.82, 2.24) is 31.5 Å². The van der Waals surface area contributed by atoms with Crippen molar-refractivity contribution in [3.8, 4) is 0 Å². The number of hydrogen-bond donors (Lipinski definition) is 5. The van der Waals surface area contributed by atoms with Gasteiger partial charge in [0.05, 0.1) is 20.3 Å². The summed E-state index contributed by atoms with van der Waals surface area (Å²) in [5, 5.41) is 14.1. The van der Waals surface area contributed by atoms with Crippen LogP contribution in [0.1, 0.15) is 163 Å². The fourth-order valence-corrected chi connectivity index (χ4v) is 7.60. The maximum absolute atomic E-state index is 13.9. The van der Waals surface area contributed by atoms with E-state index in [0.717, 1.165) is 38.5 Å². The molecule has 0 saturated carbocycles. The van der Waals surface area contributed by atoms with E-state index >= 15 is 0 Å². The van der Waals surface area contributed by atoms with E-state index in [1.165, 1.54) is 64.9 Å². The molecule has 15 nitrogen and oxygen atoms in total. The Morgan fingerprint density at radius 2 is 1.37 bits per heavy atom. The Morgan fingerprint density at radius 1 is 0.742 bits per heavy atom. The number of nitrogens with one attached hydrogen (secondary N) is 5. The van der Waals surface area contributed by atoms with Crippen molar-refractivity contribution in [1.29, 1.82) is 0 Å². The Labute approximate surface area is 372 Å². The largest absolute Gasteiger partial charge is 0.467 e. The summed E-state index contributed by atoms with van der Waals surface area (Å²) in [6.45, 7) is 13.7. The van der Waals surface area contributed by atoms with Crippen LogP contribution in [0.3, 0.4) is 0 Å². The Balaban J connectivity index is 1.97. The molecule has 0 aromatic rings. The van der Waals surface area contributed by atoms with E-state index in [1.807, 2.05) is 6.08 Å². The number of alkyl carbamates (subject to hydrolysis) is 1. The number of ether oxygens (including phenoxy) is 3. The van der Waals surface area contributed by atoms with Crippen LogP contribution in [0.2, 0.25) is 0 Å². The van der Waals surface area contributed by atoms with E-state index in [2.05, 4.69) is 46.2 Å². The first-order chi connectivity index (χ1) is 29.7. The van der Waals surface area contributed by atoms with E-state index in [9.17, 15) is 28.8 Å². The van der Waals surface area contributed by atoms with Crippen molar-refractivity contribution in [2.24, 2.45) is 5.92 Å². The Bertz CT molecular complexity index is 1390. The number of morpholine rings is 1. The zero-order valence-corrected chi connectivity index (χ0v) is 38.9. The number of carbonyl (C=O) groups excluding carboxylic acids is 6. The van der Waals surface area contributed by atoms with Crippen molar-refractivity contribution >= 4 is 35.8 Å². The minimum Gasteiger partial charge on any atom is -0.467 e. The molecular weight excluding hydrogens is 793 g/mol. The molecule has 62 heavy (non-hydrogen) atoms. The van der Waals surface area contributed by atoms with Crippen molar-refractivity contribution in [3.05, 3.63) is 24.3 Å². The molecule has 5 N–H and O–H groups in total. The molecule has 0 spiro atoms. The lowest BCUT2D eigenvalue weighted by Gasteiger charge is -2.32. The Morgan fingerprint density at radius 3 is 1.95 bits per heavy atom. The molecule has 1 saturated heterocycles. The van der Waals surface area contributed by atoms with Gasteiger partial charge in [0, 0.05) is 32.6 Å². The standard InChI is InChI=1S/C47H82N6O9/c1-7-8-9-10-11-12-13-14-15-16-17-18-22-28-40(54)50-38(27-23-24-30-49-46(59)62-47(3,4)5)42(55)48-31-29-39(44(57)60-6)51-43(56)41(36(2)37-25-20-19-21-26-37)52-45(58)53-32-34-61-35-33-53/h19-20,37-39,41H,2,7-18,21-35H2,1,3-6H3,(H,48,55)(H,49,59)(H,50,54)(H,51,56)(H,52,58)/t37?,38?,39-,41-/m0/s1. The zero-order valence-electron chi connectivity index (χ0n) is 38.9. The summed E-state index contributed by atoms with van der Waals surface area (Å²) in [5.74, 6) is -1.99. The second kappa shape index (κ2) is 31.7. The fourth-order valence-electron chi connectivity index (χ4n) is 7.60. The minimum atomic E-state index is -1.14. The lowest BCUT2D eigenvalue weighted by atomic mass is 9.84. The van der Waals surface area contributed by atoms with Crippen LogP contribution in [0.4, 0.5) is 9.59 Å². The quantitative estimate of drug-likeness (QED) is 0.0284. The molecule has 4 atom stereocenters. The summed E-state index contributed by atoms with van der Waals surface area (Å²) < 4.78 is 15.7. The van der Waals surface area contributed by atoms with Gasteiger partial charge in [0.15, 0.2) is 0 Å². The van der Waals surface area contributed by atoms with Gasteiger partial charge in [0.1, 0.15) is 23.7 Å². The summed E-state index contributed by atoms with van der Waals surface area (Å²) in [6.07, 6.45) is 23.2. The lowest BCUT2D eigenvalue weighted by Crippen LogP contribution is -2.57. The van der Waals surface area contributed by atoms with Crippen LogP contribution in [0, 0.1) is 5.92 Å². The summed E-state index contributed by atoms with van der Waals surface area (Å²) in [7, 11) is 1.21. The molecule has 2 rings (SSSR count). The van der Waals surface area contributed by atoms with Crippen LogP contribution >= 0.6 is 0 Å². The molecule has 2 aliphatic rings. The van der Waals surface area contributed by atoms with Gasteiger partial charge in [-0.1, -0.05) is 103 Å². The van der Waals surface area contributed by atoms with Crippen LogP contribution in [0.25, 0.3) is 0 Å². The number of allylic oxidation sites excluding steroid dienone is 2. The van der Waals surface area contributed by atoms with Gasteiger partial charge in [-0.05, 0) is 83.6 Å². The molecule has 6 amide bonds. The van der Waals surface area contributed by atoms with Crippen LogP contribution in [-0.2, 0) is 33.4 Å². The monoisotopic (exact) mass is 875 g/mol. The number of carbonyl (C=O) groups is 6. The van der Waals surface area contributed by atoms with Crippen molar-refractivity contribution < 1.29 is 43.0 Å². The van der Waals surface area contributed by atoms with Gasteiger partial charge in [-0.3, -0.25) is 14.4 Å². The highest BCUT2D eigenvalue weighted by atomic mass is 16.6. The number of esters is 1. The molecule has 0 aromatic carbocycles. The number of unbranched alkanes of at least 4 members (excludes halogenated alkanes) is 13. The first kappa shape index (κ1) is 54.0. The molecule has 2 unspecified atom stereocenters. The van der Waals surface area contributed by atoms with E-state index in [4.69, 9.17) is 14.2 Å². The van der Waals surface area contributed by atoms with Crippen LogP contribution < -0.4 is 26.6 Å². The van der Waals surface area contributed by atoms with Gasteiger partial charge >= 0.3 is 18.1 Å². The topological polar surface area (TPSA) is 193 Å². The predicted octanol–water partition coefficient (Wildman–Crippen LogP) is 7.13. The summed E-state index contributed by atoms with van der Waals surface area (Å²) >= 11 is 0. The second-order valence-electron chi connectivity index (χ2n) is 17.7. The molecule has 0 bridgehead atoms. The summed E-state index contributed by atoms with van der Waals surface area (Å²) in [5.41, 5.74) is -0.0771. The van der Waals surface area contributed by atoms with Crippen molar-refractivity contribution in [3.63, 3.8) is 0 Å². The average molecular weight is 875 g/mol. The van der Waals surface area contributed by atoms with E-state index < -0.39 is 53.6 Å². The molecule has 0 radical (unpaired) electrons. The number of amides is 6. The number of rotatable bonds is 30. The number of hydrogen-bond acceptors (Lipinski definition) is 9. The normalized spacial score (nSPS) is 16.6. The van der Waals surface area contributed by atoms with E-state index in [1.54, 1.807) is 25.7 Å². The van der Waals surface area contributed by atoms with E-state index in [-0.39, 0.29) is 24.8 Å². The highest BCUT2D eigenvalue weighted by Gasteiger charge is 2.33. The maximum Gasteiger partial charge on any atom is 0.407 e. The highest BCUT2D eigenvalue weighted by molar-refractivity contribution is 5.93. The third-order valence-electron chi connectivity index (χ3n) is 11.3. The first-order valence-electron chi connectivity index (χ1n) is 23.6. The summed E-state index contributed by atoms with van der Waals surface area (Å²) in [4.78, 5) is 80.5. The van der Waals surface area contributed by atoms with Crippen LogP contribution in [0.15, 0.2) is 24.3 Å².